The number of halogens is 1. The van der Waals surface area contributed by atoms with Gasteiger partial charge in [0.05, 0.1) is 12.2 Å². The van der Waals surface area contributed by atoms with E-state index in [-0.39, 0.29) is 11.9 Å². The van der Waals surface area contributed by atoms with Gasteiger partial charge in [-0.3, -0.25) is 16.3 Å². The Morgan fingerprint density at radius 2 is 2.00 bits per heavy atom. The smallest absolute Gasteiger partial charge is 0.146 e. The maximum absolute atomic E-state index is 13.6. The molecule has 0 spiro atoms. The number of hydrogen-bond acceptors (Lipinski definition) is 3. The average Bonchev–Trinajstić information content (AvgIpc) is 2.39. The minimum absolute atomic E-state index is 0.254. The summed E-state index contributed by atoms with van der Waals surface area (Å²) in [5, 5.41) is 0. The van der Waals surface area contributed by atoms with Crippen molar-refractivity contribution in [2.75, 3.05) is 0 Å². The van der Waals surface area contributed by atoms with Gasteiger partial charge in [-0.15, -0.1) is 0 Å². The minimum Gasteiger partial charge on any atom is -0.271 e. The third kappa shape index (κ3) is 2.91. The zero-order valence-corrected chi connectivity index (χ0v) is 10.2. The lowest BCUT2D eigenvalue weighted by atomic mass is 9.99. The fourth-order valence-electron chi connectivity index (χ4n) is 1.89. The predicted octanol–water partition coefficient (Wildman–Crippen LogP) is 2.28. The van der Waals surface area contributed by atoms with Gasteiger partial charge in [0, 0.05) is 11.8 Å². The highest BCUT2D eigenvalue weighted by atomic mass is 19.1. The molecule has 2 rings (SSSR count). The second-order valence-electron chi connectivity index (χ2n) is 4.31. The number of aryl methyl sites for hydroxylation is 1. The van der Waals surface area contributed by atoms with Crippen LogP contribution in [0.4, 0.5) is 4.39 Å². The molecule has 4 heteroatoms. The lowest BCUT2D eigenvalue weighted by Crippen LogP contribution is -2.30. The SMILES string of the molecule is Cc1ccc(CC(NN)c2ccncc2F)cc1. The molecular weight excluding hydrogens is 229 g/mol. The van der Waals surface area contributed by atoms with Crippen LogP contribution in [0.15, 0.2) is 42.7 Å². The van der Waals surface area contributed by atoms with Crippen LogP contribution in [0.2, 0.25) is 0 Å². The molecule has 1 aromatic carbocycles. The van der Waals surface area contributed by atoms with Crippen LogP contribution in [0.3, 0.4) is 0 Å². The highest BCUT2D eigenvalue weighted by molar-refractivity contribution is 5.25. The minimum atomic E-state index is -0.340. The van der Waals surface area contributed by atoms with E-state index in [0.717, 1.165) is 5.56 Å². The number of benzene rings is 1. The van der Waals surface area contributed by atoms with E-state index in [1.807, 2.05) is 31.2 Å². The summed E-state index contributed by atoms with van der Waals surface area (Å²) < 4.78 is 13.6. The second-order valence-corrected chi connectivity index (χ2v) is 4.31. The van der Waals surface area contributed by atoms with Gasteiger partial charge in [-0.2, -0.15) is 0 Å². The standard InChI is InChI=1S/C14H16FN3/c1-10-2-4-11(5-3-10)8-14(18-16)12-6-7-17-9-13(12)15/h2-7,9,14,18H,8,16H2,1H3. The first-order valence-electron chi connectivity index (χ1n) is 5.82. The van der Waals surface area contributed by atoms with Gasteiger partial charge in [0.1, 0.15) is 5.82 Å². The van der Waals surface area contributed by atoms with Gasteiger partial charge >= 0.3 is 0 Å². The fraction of sp³-hybridized carbons (Fsp3) is 0.214. The Labute approximate surface area is 106 Å². The summed E-state index contributed by atoms with van der Waals surface area (Å²) in [6, 6.07) is 9.51. The van der Waals surface area contributed by atoms with Crippen LogP contribution in [0.25, 0.3) is 0 Å². The molecule has 1 heterocycles. The van der Waals surface area contributed by atoms with Gasteiger partial charge < -0.3 is 0 Å². The number of hydrogen-bond donors (Lipinski definition) is 2. The third-order valence-corrected chi connectivity index (χ3v) is 2.94. The molecule has 0 saturated heterocycles. The first-order valence-corrected chi connectivity index (χ1v) is 5.82. The molecule has 0 amide bonds. The average molecular weight is 245 g/mol. The normalized spacial score (nSPS) is 12.4. The number of hydrazine groups is 1. The van der Waals surface area contributed by atoms with Crippen molar-refractivity contribution in [1.29, 1.82) is 0 Å². The Morgan fingerprint density at radius 3 is 2.61 bits per heavy atom. The molecule has 0 aliphatic carbocycles. The molecule has 3 nitrogen and oxygen atoms in total. The molecule has 1 unspecified atom stereocenters. The maximum atomic E-state index is 13.6. The Hall–Kier alpha value is -1.78. The molecule has 2 aromatic rings. The molecule has 0 saturated carbocycles. The largest absolute Gasteiger partial charge is 0.271 e. The van der Waals surface area contributed by atoms with Crippen molar-refractivity contribution in [2.45, 2.75) is 19.4 Å². The summed E-state index contributed by atoms with van der Waals surface area (Å²) in [6.45, 7) is 2.03. The van der Waals surface area contributed by atoms with E-state index in [2.05, 4.69) is 10.4 Å². The summed E-state index contributed by atoms with van der Waals surface area (Å²) in [4.78, 5) is 3.74. The number of nitrogens with two attached hydrogens (primary N) is 1. The number of pyridine rings is 1. The predicted molar refractivity (Wildman–Crippen MR) is 69.1 cm³/mol. The van der Waals surface area contributed by atoms with Crippen molar-refractivity contribution >= 4 is 0 Å². The zero-order valence-electron chi connectivity index (χ0n) is 10.2. The number of nitrogens with one attached hydrogen (secondary N) is 1. The molecule has 0 fully saturated rings. The molecular formula is C14H16FN3. The van der Waals surface area contributed by atoms with Gasteiger partial charge in [0.25, 0.3) is 0 Å². The second kappa shape index (κ2) is 5.71. The molecule has 0 bridgehead atoms. The van der Waals surface area contributed by atoms with Crippen LogP contribution in [0, 0.1) is 12.7 Å². The van der Waals surface area contributed by atoms with Crippen molar-refractivity contribution < 1.29 is 4.39 Å². The van der Waals surface area contributed by atoms with Crippen LogP contribution in [-0.2, 0) is 6.42 Å². The molecule has 18 heavy (non-hydrogen) atoms. The first-order chi connectivity index (χ1) is 8.70. The summed E-state index contributed by atoms with van der Waals surface area (Å²) in [5.41, 5.74) is 5.50. The molecule has 1 atom stereocenters. The van der Waals surface area contributed by atoms with Crippen molar-refractivity contribution in [2.24, 2.45) is 5.84 Å². The van der Waals surface area contributed by atoms with E-state index in [9.17, 15) is 4.39 Å². The zero-order chi connectivity index (χ0) is 13.0. The monoisotopic (exact) mass is 245 g/mol. The topological polar surface area (TPSA) is 50.9 Å². The highest BCUT2D eigenvalue weighted by Gasteiger charge is 2.14. The number of aromatic nitrogens is 1. The maximum Gasteiger partial charge on any atom is 0.146 e. The number of nitrogens with zero attached hydrogens (tertiary/aromatic N) is 1. The molecule has 0 aliphatic heterocycles. The molecule has 94 valence electrons. The van der Waals surface area contributed by atoms with E-state index >= 15 is 0 Å². The summed E-state index contributed by atoms with van der Waals surface area (Å²) in [5.74, 6) is 5.17. The van der Waals surface area contributed by atoms with E-state index in [4.69, 9.17) is 5.84 Å². The summed E-state index contributed by atoms with van der Waals surface area (Å²) in [6.07, 6.45) is 3.41. The van der Waals surface area contributed by atoms with Crippen LogP contribution < -0.4 is 11.3 Å². The van der Waals surface area contributed by atoms with Crippen molar-refractivity contribution in [1.82, 2.24) is 10.4 Å². The lowest BCUT2D eigenvalue weighted by Gasteiger charge is -2.17. The highest BCUT2D eigenvalue weighted by Crippen LogP contribution is 2.20. The van der Waals surface area contributed by atoms with Crippen molar-refractivity contribution in [3.63, 3.8) is 0 Å². The van der Waals surface area contributed by atoms with E-state index in [1.54, 1.807) is 12.3 Å². The summed E-state index contributed by atoms with van der Waals surface area (Å²) >= 11 is 0. The molecule has 1 aromatic heterocycles. The van der Waals surface area contributed by atoms with Crippen molar-refractivity contribution in [3.8, 4) is 0 Å². The number of rotatable bonds is 4. The molecule has 0 radical (unpaired) electrons. The van der Waals surface area contributed by atoms with Crippen LogP contribution >= 0.6 is 0 Å². The van der Waals surface area contributed by atoms with Gasteiger partial charge in [-0.1, -0.05) is 29.8 Å². The van der Waals surface area contributed by atoms with Gasteiger partial charge in [-0.05, 0) is 25.0 Å². The van der Waals surface area contributed by atoms with E-state index < -0.39 is 0 Å². The van der Waals surface area contributed by atoms with Crippen LogP contribution in [0.1, 0.15) is 22.7 Å². The Morgan fingerprint density at radius 1 is 1.28 bits per heavy atom. The van der Waals surface area contributed by atoms with Gasteiger partial charge in [0.15, 0.2) is 0 Å². The Kier molecular flexibility index (Phi) is 4.02. The van der Waals surface area contributed by atoms with Gasteiger partial charge in [-0.25, -0.2) is 4.39 Å². The first kappa shape index (κ1) is 12.7. The lowest BCUT2D eigenvalue weighted by molar-refractivity contribution is 0.508. The van der Waals surface area contributed by atoms with Crippen LogP contribution in [-0.4, -0.2) is 4.98 Å². The van der Waals surface area contributed by atoms with Crippen molar-refractivity contribution in [3.05, 3.63) is 65.2 Å². The molecule has 3 N–H and O–H groups in total. The Balaban J connectivity index is 2.20. The quantitative estimate of drug-likeness (QED) is 0.642. The third-order valence-electron chi connectivity index (χ3n) is 2.94. The fourth-order valence-corrected chi connectivity index (χ4v) is 1.89. The Bertz CT molecular complexity index is 511. The van der Waals surface area contributed by atoms with E-state index in [1.165, 1.54) is 11.8 Å². The van der Waals surface area contributed by atoms with E-state index in [0.29, 0.717) is 12.0 Å². The van der Waals surface area contributed by atoms with Gasteiger partial charge in [0.2, 0.25) is 0 Å². The van der Waals surface area contributed by atoms with Crippen LogP contribution in [0.5, 0.6) is 0 Å². The molecule has 0 aliphatic rings. The summed E-state index contributed by atoms with van der Waals surface area (Å²) in [7, 11) is 0.